The molecule has 1 fully saturated rings. The van der Waals surface area contributed by atoms with Crippen LogP contribution in [0.2, 0.25) is 0 Å². The molecule has 0 aromatic heterocycles. The molecule has 1 aliphatic heterocycles. The van der Waals surface area contributed by atoms with Gasteiger partial charge in [0.15, 0.2) is 5.17 Å². The number of rotatable bonds is 6. The van der Waals surface area contributed by atoms with Gasteiger partial charge in [0.1, 0.15) is 11.0 Å². The lowest BCUT2D eigenvalue weighted by molar-refractivity contribution is -0.384. The summed E-state index contributed by atoms with van der Waals surface area (Å²) in [5.41, 5.74) is 0.787. The first kappa shape index (κ1) is 19.4. The topological polar surface area (TPSA) is 123 Å². The summed E-state index contributed by atoms with van der Waals surface area (Å²) in [6, 6.07) is 12.7. The fourth-order valence-corrected chi connectivity index (χ4v) is 3.46. The van der Waals surface area contributed by atoms with Crippen molar-refractivity contribution < 1.29 is 19.2 Å². The minimum Gasteiger partial charge on any atom is -0.497 e. The van der Waals surface area contributed by atoms with E-state index >= 15 is 0 Å². The minimum absolute atomic E-state index is 0.0870. The number of non-ortho nitro benzene ring substituents is 1. The summed E-state index contributed by atoms with van der Waals surface area (Å²) in [6.07, 6.45) is -0.0870. The molecule has 2 amide bonds. The standard InChI is InChI=1S/C18H16N4O5S/c1-27-14-7-3-5-12(9-14)20-18-21-17(24)15(28-18)10-16(23)19-11-4-2-6-13(8-11)22(25)26/h2-9,15H,10H2,1H3,(H,19,23)(H,20,21,24)/t15-/m0/s1. The predicted molar refractivity (Wildman–Crippen MR) is 106 cm³/mol. The molecular formula is C18H16N4O5S. The largest absolute Gasteiger partial charge is 0.497 e. The third-order valence-corrected chi connectivity index (χ3v) is 4.85. The van der Waals surface area contributed by atoms with Gasteiger partial charge in [-0.15, -0.1) is 0 Å². The van der Waals surface area contributed by atoms with Gasteiger partial charge in [0, 0.05) is 30.3 Å². The fraction of sp³-hybridized carbons (Fsp3) is 0.167. The van der Waals surface area contributed by atoms with Crippen LogP contribution in [0.1, 0.15) is 6.42 Å². The van der Waals surface area contributed by atoms with Crippen molar-refractivity contribution in [2.45, 2.75) is 11.7 Å². The van der Waals surface area contributed by atoms with Crippen molar-refractivity contribution in [2.24, 2.45) is 4.99 Å². The zero-order valence-electron chi connectivity index (χ0n) is 14.7. The summed E-state index contributed by atoms with van der Waals surface area (Å²) in [5, 5.41) is 15.8. The zero-order chi connectivity index (χ0) is 20.1. The van der Waals surface area contributed by atoms with Crippen molar-refractivity contribution in [2.75, 3.05) is 12.4 Å². The number of nitrogens with zero attached hydrogens (tertiary/aromatic N) is 2. The van der Waals surface area contributed by atoms with E-state index in [0.29, 0.717) is 22.3 Å². The number of ether oxygens (including phenoxy) is 1. The minimum atomic E-state index is -0.636. The maximum atomic E-state index is 12.2. The molecule has 0 unspecified atom stereocenters. The number of aliphatic imine (C=N–C) groups is 1. The number of hydrogen-bond donors (Lipinski definition) is 2. The number of anilines is 1. The third kappa shape index (κ3) is 4.86. The Morgan fingerprint density at radius 2 is 2.11 bits per heavy atom. The van der Waals surface area contributed by atoms with Crippen LogP contribution in [0.25, 0.3) is 0 Å². The fourth-order valence-electron chi connectivity index (χ4n) is 2.47. The Hall–Kier alpha value is -3.40. The number of nitro groups is 1. The van der Waals surface area contributed by atoms with Gasteiger partial charge in [-0.3, -0.25) is 19.7 Å². The summed E-state index contributed by atoms with van der Waals surface area (Å²) in [5.74, 6) is -0.0966. The van der Waals surface area contributed by atoms with E-state index in [-0.39, 0.29) is 18.0 Å². The molecule has 3 rings (SSSR count). The van der Waals surface area contributed by atoms with E-state index in [9.17, 15) is 19.7 Å². The number of benzene rings is 2. The quantitative estimate of drug-likeness (QED) is 0.568. The highest BCUT2D eigenvalue weighted by Crippen LogP contribution is 2.27. The van der Waals surface area contributed by atoms with Crippen molar-refractivity contribution in [1.29, 1.82) is 0 Å². The highest BCUT2D eigenvalue weighted by Gasteiger charge is 2.32. The van der Waals surface area contributed by atoms with Crippen molar-refractivity contribution in [3.05, 3.63) is 58.6 Å². The Bertz CT molecular complexity index is 962. The van der Waals surface area contributed by atoms with Crippen LogP contribution < -0.4 is 15.4 Å². The van der Waals surface area contributed by atoms with E-state index in [0.717, 1.165) is 11.8 Å². The zero-order valence-corrected chi connectivity index (χ0v) is 15.6. The van der Waals surface area contributed by atoms with Crippen molar-refractivity contribution in [3.8, 4) is 5.75 Å². The normalized spacial score (nSPS) is 17.2. The number of carbonyl (C=O) groups excluding carboxylic acids is 2. The van der Waals surface area contributed by atoms with Crippen molar-refractivity contribution in [3.63, 3.8) is 0 Å². The average molecular weight is 400 g/mol. The molecule has 2 aromatic rings. The molecule has 2 N–H and O–H groups in total. The Labute approximate surface area is 164 Å². The van der Waals surface area contributed by atoms with Crippen LogP contribution in [-0.4, -0.2) is 34.3 Å². The highest BCUT2D eigenvalue weighted by molar-refractivity contribution is 8.15. The number of carbonyl (C=O) groups is 2. The molecule has 144 valence electrons. The smallest absolute Gasteiger partial charge is 0.271 e. The first-order chi connectivity index (χ1) is 13.4. The molecule has 1 aliphatic rings. The van der Waals surface area contributed by atoms with Crippen LogP contribution in [-0.2, 0) is 9.59 Å². The van der Waals surface area contributed by atoms with E-state index in [1.54, 1.807) is 37.4 Å². The van der Waals surface area contributed by atoms with Gasteiger partial charge in [0.05, 0.1) is 17.7 Å². The third-order valence-electron chi connectivity index (χ3n) is 3.77. The Morgan fingerprint density at radius 3 is 2.86 bits per heavy atom. The molecule has 9 nitrogen and oxygen atoms in total. The second-order valence-electron chi connectivity index (χ2n) is 5.77. The molecule has 0 spiro atoms. The van der Waals surface area contributed by atoms with Crippen LogP contribution in [0.3, 0.4) is 0 Å². The summed E-state index contributed by atoms with van der Waals surface area (Å²) in [4.78, 5) is 38.9. The predicted octanol–water partition coefficient (Wildman–Crippen LogP) is 2.85. The Kier molecular flexibility index (Phi) is 5.90. The molecule has 1 saturated heterocycles. The number of amidine groups is 1. The lowest BCUT2D eigenvalue weighted by Crippen LogP contribution is -2.28. The highest BCUT2D eigenvalue weighted by atomic mass is 32.2. The lowest BCUT2D eigenvalue weighted by Gasteiger charge is -2.07. The van der Waals surface area contributed by atoms with Gasteiger partial charge in [-0.1, -0.05) is 23.9 Å². The average Bonchev–Trinajstić information content (AvgIpc) is 3.00. The second-order valence-corrected chi connectivity index (χ2v) is 6.97. The molecule has 28 heavy (non-hydrogen) atoms. The lowest BCUT2D eigenvalue weighted by atomic mass is 10.2. The molecule has 2 aromatic carbocycles. The number of nitrogens with one attached hydrogen (secondary N) is 2. The number of methoxy groups -OCH3 is 1. The summed E-state index contributed by atoms with van der Waals surface area (Å²) >= 11 is 1.15. The summed E-state index contributed by atoms with van der Waals surface area (Å²) < 4.78 is 5.14. The number of amides is 2. The SMILES string of the molecule is COc1cccc(N=C2NC(=O)[C@H](CC(=O)Nc3cccc([N+](=O)[O-])c3)S2)c1. The van der Waals surface area contributed by atoms with Crippen molar-refractivity contribution in [1.82, 2.24) is 5.32 Å². The van der Waals surface area contributed by atoms with Gasteiger partial charge >= 0.3 is 0 Å². The summed E-state index contributed by atoms with van der Waals surface area (Å²) in [6.45, 7) is 0. The second kappa shape index (κ2) is 8.53. The van der Waals surface area contributed by atoms with Gasteiger partial charge in [-0.25, -0.2) is 4.99 Å². The van der Waals surface area contributed by atoms with Gasteiger partial charge in [-0.05, 0) is 18.2 Å². The number of hydrogen-bond acceptors (Lipinski definition) is 7. The molecule has 0 saturated carbocycles. The molecule has 0 radical (unpaired) electrons. The molecule has 1 atom stereocenters. The maximum Gasteiger partial charge on any atom is 0.271 e. The molecule has 0 aliphatic carbocycles. The summed E-state index contributed by atoms with van der Waals surface area (Å²) in [7, 11) is 1.55. The van der Waals surface area contributed by atoms with Crippen LogP contribution in [0.4, 0.5) is 17.1 Å². The number of thioether (sulfide) groups is 1. The van der Waals surface area contributed by atoms with E-state index in [1.807, 2.05) is 0 Å². The first-order valence-electron chi connectivity index (χ1n) is 8.19. The maximum absolute atomic E-state index is 12.2. The molecular weight excluding hydrogens is 384 g/mol. The van der Waals surface area contributed by atoms with Crippen LogP contribution in [0, 0.1) is 10.1 Å². The van der Waals surface area contributed by atoms with Gasteiger partial charge in [0.25, 0.3) is 5.69 Å². The Morgan fingerprint density at radius 1 is 1.32 bits per heavy atom. The van der Waals surface area contributed by atoms with Crippen LogP contribution in [0.5, 0.6) is 5.75 Å². The first-order valence-corrected chi connectivity index (χ1v) is 9.07. The molecule has 0 bridgehead atoms. The van der Waals surface area contributed by atoms with E-state index in [2.05, 4.69) is 15.6 Å². The van der Waals surface area contributed by atoms with Gasteiger partial charge < -0.3 is 15.4 Å². The van der Waals surface area contributed by atoms with Gasteiger partial charge in [-0.2, -0.15) is 0 Å². The van der Waals surface area contributed by atoms with Crippen LogP contribution in [0.15, 0.2) is 53.5 Å². The number of nitro benzene ring substituents is 1. The van der Waals surface area contributed by atoms with Crippen LogP contribution >= 0.6 is 11.8 Å². The van der Waals surface area contributed by atoms with Gasteiger partial charge in [0.2, 0.25) is 11.8 Å². The molecule has 10 heteroatoms. The van der Waals surface area contributed by atoms with E-state index < -0.39 is 16.1 Å². The van der Waals surface area contributed by atoms with E-state index in [1.165, 1.54) is 18.2 Å². The monoisotopic (exact) mass is 400 g/mol. The Balaban J connectivity index is 1.62. The van der Waals surface area contributed by atoms with Crippen molar-refractivity contribution >= 4 is 45.8 Å². The van der Waals surface area contributed by atoms with E-state index in [4.69, 9.17) is 4.74 Å². The molecule has 1 heterocycles.